The third-order valence-electron chi connectivity index (χ3n) is 3.35. The monoisotopic (exact) mass is 273 g/mol. The maximum atomic E-state index is 10.0. The van der Waals surface area contributed by atoms with Crippen molar-refractivity contribution in [3.63, 3.8) is 0 Å². The van der Waals surface area contributed by atoms with E-state index < -0.39 is 12.2 Å². The lowest BCUT2D eigenvalue weighted by Crippen LogP contribution is -2.27. The molecule has 0 fully saturated rings. The van der Waals surface area contributed by atoms with Crippen molar-refractivity contribution >= 4 is 31.5 Å². The van der Waals surface area contributed by atoms with Crippen LogP contribution in [0.5, 0.6) is 0 Å². The molecule has 4 heteroatoms. The second-order valence-electron chi connectivity index (χ2n) is 4.60. The summed E-state index contributed by atoms with van der Waals surface area (Å²) in [6.07, 6.45) is -1.87. The number of aliphatic hydroxyl groups excluding tert-OH is 2. The minimum atomic E-state index is -0.937. The van der Waals surface area contributed by atoms with E-state index in [0.29, 0.717) is 5.56 Å². The van der Waals surface area contributed by atoms with E-state index in [1.807, 2.05) is 30.3 Å². The summed E-state index contributed by atoms with van der Waals surface area (Å²) in [5.41, 5.74) is 6.09. The molecule has 1 aromatic heterocycles. The number of benzene rings is 2. The lowest BCUT2D eigenvalue weighted by atomic mass is 10.0. The molecule has 2 unspecified atom stereocenters. The van der Waals surface area contributed by atoms with Gasteiger partial charge in [-0.1, -0.05) is 24.3 Å². The Labute approximate surface area is 114 Å². The fraction of sp³-hybridized carbons (Fsp3) is 0.200. The molecular weight excluding hydrogens is 258 g/mol. The molecule has 0 spiro atoms. The molecule has 2 atom stereocenters. The molecule has 0 aliphatic carbocycles. The molecule has 0 saturated heterocycles. The van der Waals surface area contributed by atoms with Crippen LogP contribution in [0.3, 0.4) is 0 Å². The zero-order chi connectivity index (χ0) is 13.4. The molecule has 1 heterocycles. The van der Waals surface area contributed by atoms with Gasteiger partial charge < -0.3 is 15.9 Å². The highest BCUT2D eigenvalue weighted by Crippen LogP contribution is 2.35. The van der Waals surface area contributed by atoms with Gasteiger partial charge in [0.15, 0.2) is 0 Å². The summed E-state index contributed by atoms with van der Waals surface area (Å²) in [4.78, 5) is 0. The highest BCUT2D eigenvalue weighted by molar-refractivity contribution is 7.25. The number of nitrogens with two attached hydrogens (primary N) is 1. The summed E-state index contributed by atoms with van der Waals surface area (Å²) < 4.78 is 2.41. The van der Waals surface area contributed by atoms with Crippen molar-refractivity contribution in [2.24, 2.45) is 5.73 Å². The molecule has 0 aliphatic rings. The quantitative estimate of drug-likeness (QED) is 0.686. The van der Waals surface area contributed by atoms with E-state index in [2.05, 4.69) is 12.1 Å². The lowest BCUT2D eigenvalue weighted by Gasteiger charge is -2.16. The zero-order valence-electron chi connectivity index (χ0n) is 10.3. The first-order valence-electron chi connectivity index (χ1n) is 6.18. The Hall–Kier alpha value is -1.46. The van der Waals surface area contributed by atoms with Gasteiger partial charge in [-0.15, -0.1) is 11.3 Å². The maximum Gasteiger partial charge on any atom is 0.106 e. The summed E-state index contributed by atoms with van der Waals surface area (Å²) in [5, 5.41) is 22.0. The summed E-state index contributed by atoms with van der Waals surface area (Å²) >= 11 is 1.73. The van der Waals surface area contributed by atoms with Crippen LogP contribution < -0.4 is 5.73 Å². The van der Waals surface area contributed by atoms with Crippen LogP contribution in [-0.4, -0.2) is 22.9 Å². The van der Waals surface area contributed by atoms with Crippen LogP contribution in [0.25, 0.3) is 20.2 Å². The van der Waals surface area contributed by atoms with E-state index in [0.717, 1.165) is 5.39 Å². The third kappa shape index (κ3) is 2.13. The van der Waals surface area contributed by atoms with Crippen molar-refractivity contribution in [3.8, 4) is 0 Å². The highest BCUT2D eigenvalue weighted by Gasteiger charge is 2.17. The van der Waals surface area contributed by atoms with Crippen molar-refractivity contribution in [2.45, 2.75) is 12.2 Å². The molecule has 0 aliphatic heterocycles. The molecule has 2 aromatic carbocycles. The Morgan fingerprint density at radius 1 is 1.00 bits per heavy atom. The van der Waals surface area contributed by atoms with Gasteiger partial charge in [-0.05, 0) is 23.8 Å². The van der Waals surface area contributed by atoms with E-state index in [1.165, 1.54) is 14.8 Å². The third-order valence-corrected chi connectivity index (χ3v) is 4.50. The van der Waals surface area contributed by atoms with Crippen LogP contribution in [0.4, 0.5) is 0 Å². The van der Waals surface area contributed by atoms with Crippen molar-refractivity contribution in [1.82, 2.24) is 0 Å². The van der Waals surface area contributed by atoms with E-state index in [-0.39, 0.29) is 6.54 Å². The molecule has 0 bridgehead atoms. The average Bonchev–Trinajstić information content (AvgIpc) is 2.83. The van der Waals surface area contributed by atoms with E-state index >= 15 is 0 Å². The number of thiophene rings is 1. The lowest BCUT2D eigenvalue weighted by molar-refractivity contribution is 0.0244. The Morgan fingerprint density at radius 2 is 1.74 bits per heavy atom. The highest BCUT2D eigenvalue weighted by atomic mass is 32.1. The Kier molecular flexibility index (Phi) is 3.24. The molecule has 4 N–H and O–H groups in total. The summed E-state index contributed by atoms with van der Waals surface area (Å²) in [6.45, 7) is 0.0452. The average molecular weight is 273 g/mol. The molecule has 19 heavy (non-hydrogen) atoms. The molecule has 0 amide bonds. The number of rotatable bonds is 3. The van der Waals surface area contributed by atoms with E-state index in [4.69, 9.17) is 5.73 Å². The Morgan fingerprint density at radius 3 is 2.53 bits per heavy atom. The van der Waals surface area contributed by atoms with Crippen LogP contribution in [0, 0.1) is 0 Å². The van der Waals surface area contributed by atoms with Gasteiger partial charge in [0.05, 0.1) is 6.10 Å². The van der Waals surface area contributed by atoms with Crippen molar-refractivity contribution in [2.75, 3.05) is 6.54 Å². The van der Waals surface area contributed by atoms with Gasteiger partial charge in [0.25, 0.3) is 0 Å². The first-order valence-corrected chi connectivity index (χ1v) is 7.00. The zero-order valence-corrected chi connectivity index (χ0v) is 11.1. The van der Waals surface area contributed by atoms with Gasteiger partial charge in [-0.25, -0.2) is 0 Å². The fourth-order valence-corrected chi connectivity index (χ4v) is 3.37. The first kappa shape index (κ1) is 12.6. The fourth-order valence-electron chi connectivity index (χ4n) is 2.28. The van der Waals surface area contributed by atoms with Crippen LogP contribution >= 0.6 is 11.3 Å². The van der Waals surface area contributed by atoms with Gasteiger partial charge >= 0.3 is 0 Å². The van der Waals surface area contributed by atoms with Crippen LogP contribution in [-0.2, 0) is 0 Å². The predicted octanol–water partition coefficient (Wildman–Crippen LogP) is 2.41. The smallest absolute Gasteiger partial charge is 0.106 e. The second-order valence-corrected chi connectivity index (χ2v) is 5.69. The van der Waals surface area contributed by atoms with Gasteiger partial charge in [-0.2, -0.15) is 0 Å². The normalized spacial score (nSPS) is 14.9. The summed E-state index contributed by atoms with van der Waals surface area (Å²) in [6, 6.07) is 14.0. The largest absolute Gasteiger partial charge is 0.389 e. The number of aliphatic hydroxyl groups is 2. The molecular formula is C15H15NO2S. The van der Waals surface area contributed by atoms with Crippen LogP contribution in [0.1, 0.15) is 11.7 Å². The minimum absolute atomic E-state index is 0.0452. The van der Waals surface area contributed by atoms with Crippen molar-refractivity contribution < 1.29 is 10.2 Å². The molecule has 98 valence electrons. The number of hydrogen-bond acceptors (Lipinski definition) is 4. The molecule has 0 saturated carbocycles. The van der Waals surface area contributed by atoms with E-state index in [9.17, 15) is 10.2 Å². The van der Waals surface area contributed by atoms with Gasteiger partial charge in [-0.3, -0.25) is 0 Å². The van der Waals surface area contributed by atoms with Crippen molar-refractivity contribution in [3.05, 3.63) is 48.0 Å². The second kappa shape index (κ2) is 4.90. The SMILES string of the molecule is NCC(O)C(O)c1ccc2sc3ccccc3c2c1. The molecule has 3 nitrogen and oxygen atoms in total. The number of fused-ring (bicyclic) bond motifs is 3. The standard InChI is InChI=1S/C15H15NO2S/c16-8-12(17)15(18)9-5-6-14-11(7-9)10-3-1-2-4-13(10)19-14/h1-7,12,15,17-18H,8,16H2. The first-order chi connectivity index (χ1) is 9.20. The Balaban J connectivity index is 2.16. The van der Waals surface area contributed by atoms with Gasteiger partial charge in [0.2, 0.25) is 0 Å². The maximum absolute atomic E-state index is 10.0. The van der Waals surface area contributed by atoms with Gasteiger partial charge in [0, 0.05) is 26.7 Å². The summed E-state index contributed by atoms with van der Waals surface area (Å²) in [7, 11) is 0. The predicted molar refractivity (Wildman–Crippen MR) is 79.4 cm³/mol. The van der Waals surface area contributed by atoms with Gasteiger partial charge in [0.1, 0.15) is 6.10 Å². The Bertz CT molecular complexity index is 722. The topological polar surface area (TPSA) is 66.5 Å². The van der Waals surface area contributed by atoms with Crippen LogP contribution in [0.15, 0.2) is 42.5 Å². The van der Waals surface area contributed by atoms with Crippen molar-refractivity contribution in [1.29, 1.82) is 0 Å². The molecule has 0 radical (unpaired) electrons. The van der Waals surface area contributed by atoms with E-state index in [1.54, 1.807) is 11.3 Å². The summed E-state index contributed by atoms with van der Waals surface area (Å²) in [5.74, 6) is 0. The minimum Gasteiger partial charge on any atom is -0.389 e. The molecule has 3 rings (SSSR count). The van der Waals surface area contributed by atoms with Crippen LogP contribution in [0.2, 0.25) is 0 Å². The number of hydrogen-bond donors (Lipinski definition) is 3. The molecule has 3 aromatic rings.